The molecule has 0 fully saturated rings. The van der Waals surface area contributed by atoms with E-state index in [2.05, 4.69) is 4.74 Å². The highest BCUT2D eigenvalue weighted by Gasteiger charge is 2.14. The largest absolute Gasteiger partial charge is 0.508 e. The molecule has 1 aromatic carbocycles. The summed E-state index contributed by atoms with van der Waals surface area (Å²) < 4.78 is 4.60. The number of phenols is 1. The van der Waals surface area contributed by atoms with Crippen LogP contribution in [0.4, 0.5) is 0 Å². The van der Waals surface area contributed by atoms with Crippen LogP contribution in [-0.4, -0.2) is 18.2 Å². The lowest BCUT2D eigenvalue weighted by Crippen LogP contribution is -2.10. The lowest BCUT2D eigenvalue weighted by Gasteiger charge is -2.08. The molecular formula is C10H12O3. The van der Waals surface area contributed by atoms with Crippen molar-refractivity contribution in [1.82, 2.24) is 0 Å². The molecule has 0 aliphatic carbocycles. The number of hydrogen-bond acceptors (Lipinski definition) is 3. The Balaban J connectivity index is 2.83. The summed E-state index contributed by atoms with van der Waals surface area (Å²) in [7, 11) is 1.36. The summed E-state index contributed by atoms with van der Waals surface area (Å²) in [5.74, 6) is -0.364. The minimum Gasteiger partial charge on any atom is -0.508 e. The van der Waals surface area contributed by atoms with Gasteiger partial charge in [-0.1, -0.05) is 12.1 Å². The summed E-state index contributed by atoms with van der Waals surface area (Å²) in [6.07, 6.45) is 0. The van der Waals surface area contributed by atoms with Crippen molar-refractivity contribution in [3.05, 3.63) is 29.8 Å². The molecule has 1 atom stereocenters. The van der Waals surface area contributed by atoms with Gasteiger partial charge in [-0.05, 0) is 24.6 Å². The highest BCUT2D eigenvalue weighted by Crippen LogP contribution is 2.19. The van der Waals surface area contributed by atoms with Crippen LogP contribution < -0.4 is 0 Å². The minimum absolute atomic E-state index is 0.195. The predicted octanol–water partition coefficient (Wildman–Crippen LogP) is 1.67. The Morgan fingerprint density at radius 3 is 2.38 bits per heavy atom. The van der Waals surface area contributed by atoms with Crippen molar-refractivity contribution >= 4 is 5.97 Å². The monoisotopic (exact) mass is 180 g/mol. The van der Waals surface area contributed by atoms with Crippen LogP contribution in [0.15, 0.2) is 24.3 Å². The van der Waals surface area contributed by atoms with Crippen LogP contribution in [0.5, 0.6) is 5.75 Å². The predicted molar refractivity (Wildman–Crippen MR) is 48.5 cm³/mol. The average Bonchev–Trinajstić information content (AvgIpc) is 2.17. The topological polar surface area (TPSA) is 46.5 Å². The average molecular weight is 180 g/mol. The molecule has 0 aliphatic rings. The number of aromatic hydroxyl groups is 1. The van der Waals surface area contributed by atoms with E-state index in [0.29, 0.717) is 0 Å². The quantitative estimate of drug-likeness (QED) is 0.704. The second-order valence-electron chi connectivity index (χ2n) is 2.84. The van der Waals surface area contributed by atoms with Crippen LogP contribution in [-0.2, 0) is 9.53 Å². The molecule has 70 valence electrons. The third kappa shape index (κ3) is 2.21. The zero-order valence-corrected chi connectivity index (χ0v) is 7.65. The summed E-state index contributed by atoms with van der Waals surface area (Å²) in [6.45, 7) is 1.76. The van der Waals surface area contributed by atoms with Crippen LogP contribution in [0.25, 0.3) is 0 Å². The highest BCUT2D eigenvalue weighted by molar-refractivity contribution is 5.77. The number of rotatable bonds is 2. The van der Waals surface area contributed by atoms with Crippen molar-refractivity contribution < 1.29 is 14.6 Å². The molecule has 0 unspecified atom stereocenters. The SMILES string of the molecule is COC(=O)[C@H](C)c1ccc(O)cc1. The summed E-state index contributed by atoms with van der Waals surface area (Å²) in [5, 5.41) is 9.02. The molecule has 0 aromatic heterocycles. The van der Waals surface area contributed by atoms with Crippen molar-refractivity contribution in [3.63, 3.8) is 0 Å². The molecule has 0 saturated heterocycles. The maximum atomic E-state index is 11.1. The number of ether oxygens (including phenoxy) is 1. The first-order valence-corrected chi connectivity index (χ1v) is 4.02. The maximum absolute atomic E-state index is 11.1. The Hall–Kier alpha value is -1.51. The third-order valence-electron chi connectivity index (χ3n) is 1.95. The van der Waals surface area contributed by atoms with Crippen molar-refractivity contribution in [1.29, 1.82) is 0 Å². The first kappa shape index (κ1) is 9.58. The summed E-state index contributed by atoms with van der Waals surface area (Å²) in [6, 6.07) is 6.51. The number of benzene rings is 1. The van der Waals surface area contributed by atoms with Gasteiger partial charge in [-0.25, -0.2) is 0 Å². The van der Waals surface area contributed by atoms with E-state index >= 15 is 0 Å². The maximum Gasteiger partial charge on any atom is 0.312 e. The molecule has 0 radical (unpaired) electrons. The molecular weight excluding hydrogens is 168 g/mol. The Kier molecular flexibility index (Phi) is 2.90. The van der Waals surface area contributed by atoms with Crippen molar-refractivity contribution in [2.24, 2.45) is 0 Å². The van der Waals surface area contributed by atoms with Crippen LogP contribution in [0.2, 0.25) is 0 Å². The van der Waals surface area contributed by atoms with Gasteiger partial charge in [-0.3, -0.25) is 4.79 Å². The fraction of sp³-hybridized carbons (Fsp3) is 0.300. The molecule has 1 N–H and O–H groups in total. The highest BCUT2D eigenvalue weighted by atomic mass is 16.5. The van der Waals surface area contributed by atoms with Gasteiger partial charge in [0.2, 0.25) is 0 Å². The fourth-order valence-electron chi connectivity index (χ4n) is 1.08. The lowest BCUT2D eigenvalue weighted by molar-refractivity contribution is -0.141. The Bertz CT molecular complexity index is 290. The third-order valence-corrected chi connectivity index (χ3v) is 1.95. The number of carbonyl (C=O) groups is 1. The van der Waals surface area contributed by atoms with Gasteiger partial charge in [0, 0.05) is 0 Å². The summed E-state index contributed by atoms with van der Waals surface area (Å²) in [5.41, 5.74) is 0.838. The smallest absolute Gasteiger partial charge is 0.312 e. The number of hydrogen-bond donors (Lipinski definition) is 1. The summed E-state index contributed by atoms with van der Waals surface area (Å²) in [4.78, 5) is 11.1. The van der Waals surface area contributed by atoms with E-state index < -0.39 is 0 Å². The molecule has 0 heterocycles. The van der Waals surface area contributed by atoms with Gasteiger partial charge in [-0.2, -0.15) is 0 Å². The first-order chi connectivity index (χ1) is 6.15. The van der Waals surface area contributed by atoms with Crippen LogP contribution >= 0.6 is 0 Å². The molecule has 0 saturated carbocycles. The first-order valence-electron chi connectivity index (χ1n) is 4.02. The van der Waals surface area contributed by atoms with Gasteiger partial charge in [0.05, 0.1) is 13.0 Å². The van der Waals surface area contributed by atoms with Crippen LogP contribution in [0.1, 0.15) is 18.4 Å². The van der Waals surface area contributed by atoms with Gasteiger partial charge in [0.1, 0.15) is 5.75 Å². The Morgan fingerprint density at radius 1 is 1.38 bits per heavy atom. The number of methoxy groups -OCH3 is 1. The van der Waals surface area contributed by atoms with Gasteiger partial charge in [0.25, 0.3) is 0 Å². The Labute approximate surface area is 77.0 Å². The van der Waals surface area contributed by atoms with E-state index in [1.807, 2.05) is 0 Å². The molecule has 3 heteroatoms. The normalized spacial score (nSPS) is 12.2. The number of esters is 1. The molecule has 1 aromatic rings. The van der Waals surface area contributed by atoms with E-state index in [1.165, 1.54) is 7.11 Å². The molecule has 3 nitrogen and oxygen atoms in total. The van der Waals surface area contributed by atoms with Gasteiger partial charge >= 0.3 is 5.97 Å². The summed E-state index contributed by atoms with van der Waals surface area (Å²) >= 11 is 0. The van der Waals surface area contributed by atoms with Gasteiger partial charge in [-0.15, -0.1) is 0 Å². The zero-order valence-electron chi connectivity index (χ0n) is 7.65. The standard InChI is InChI=1S/C10H12O3/c1-7(10(12)13-2)8-3-5-9(11)6-4-8/h3-7,11H,1-2H3/t7-/m1/s1. The molecule has 0 spiro atoms. The van der Waals surface area contributed by atoms with Crippen molar-refractivity contribution in [2.45, 2.75) is 12.8 Å². The van der Waals surface area contributed by atoms with E-state index in [1.54, 1.807) is 31.2 Å². The minimum atomic E-state index is -0.286. The second-order valence-corrected chi connectivity index (χ2v) is 2.84. The van der Waals surface area contributed by atoms with E-state index in [9.17, 15) is 4.79 Å². The molecule has 13 heavy (non-hydrogen) atoms. The molecule has 1 rings (SSSR count). The van der Waals surface area contributed by atoms with E-state index in [0.717, 1.165) is 5.56 Å². The van der Waals surface area contributed by atoms with Gasteiger partial charge in [0.15, 0.2) is 0 Å². The van der Waals surface area contributed by atoms with Crippen molar-refractivity contribution in [3.8, 4) is 5.75 Å². The van der Waals surface area contributed by atoms with Crippen LogP contribution in [0.3, 0.4) is 0 Å². The lowest BCUT2D eigenvalue weighted by atomic mass is 10.0. The molecule has 0 bridgehead atoms. The second kappa shape index (κ2) is 3.94. The molecule has 0 aliphatic heterocycles. The number of phenolic OH excluding ortho intramolecular Hbond substituents is 1. The fourth-order valence-corrected chi connectivity index (χ4v) is 1.08. The van der Waals surface area contributed by atoms with E-state index in [4.69, 9.17) is 5.11 Å². The van der Waals surface area contributed by atoms with Gasteiger partial charge < -0.3 is 9.84 Å². The molecule has 0 amide bonds. The zero-order chi connectivity index (χ0) is 9.84. The van der Waals surface area contributed by atoms with Crippen LogP contribution in [0, 0.1) is 0 Å². The Morgan fingerprint density at radius 2 is 1.92 bits per heavy atom. The van der Waals surface area contributed by atoms with E-state index in [-0.39, 0.29) is 17.6 Å². The van der Waals surface area contributed by atoms with Crippen molar-refractivity contribution in [2.75, 3.05) is 7.11 Å². The number of carbonyl (C=O) groups excluding carboxylic acids is 1.